The van der Waals surface area contributed by atoms with Crippen LogP contribution in [-0.4, -0.2) is 37.3 Å². The van der Waals surface area contributed by atoms with Crippen molar-refractivity contribution in [2.75, 3.05) is 27.2 Å². The summed E-state index contributed by atoms with van der Waals surface area (Å²) in [5.74, 6) is 0.236. The summed E-state index contributed by atoms with van der Waals surface area (Å²) in [6.07, 6.45) is 0.854. The molecule has 7 heteroatoms. The molecule has 110 valence electrons. The van der Waals surface area contributed by atoms with Gasteiger partial charge in [-0.05, 0) is 25.4 Å². The van der Waals surface area contributed by atoms with Gasteiger partial charge in [0.05, 0.1) is 11.8 Å². The van der Waals surface area contributed by atoms with Crippen molar-refractivity contribution < 1.29 is 14.3 Å². The maximum absolute atomic E-state index is 11.6. The second-order valence-electron chi connectivity index (χ2n) is 4.46. The van der Waals surface area contributed by atoms with Gasteiger partial charge in [-0.15, -0.1) is 12.4 Å². The first-order valence-electron chi connectivity index (χ1n) is 6.11. The van der Waals surface area contributed by atoms with Crippen molar-refractivity contribution in [1.82, 2.24) is 10.1 Å². The minimum Gasteiger partial charge on any atom is -0.455 e. The molecule has 0 saturated heterocycles. The Morgan fingerprint density at radius 3 is 2.65 bits per heavy atom. The van der Waals surface area contributed by atoms with E-state index in [4.69, 9.17) is 4.74 Å². The van der Waals surface area contributed by atoms with Gasteiger partial charge in [0.1, 0.15) is 0 Å². The quantitative estimate of drug-likeness (QED) is 0.600. The number of rotatable bonds is 6. The lowest BCUT2D eigenvalue weighted by molar-refractivity contribution is -0.793. The van der Waals surface area contributed by atoms with Crippen molar-refractivity contribution in [2.45, 2.75) is 6.42 Å². The van der Waals surface area contributed by atoms with E-state index < -0.39 is 0 Å². The van der Waals surface area contributed by atoms with Gasteiger partial charge in [0.2, 0.25) is 0 Å². The third-order valence-corrected chi connectivity index (χ3v) is 2.62. The summed E-state index contributed by atoms with van der Waals surface area (Å²) in [6, 6.07) is 9.20. The van der Waals surface area contributed by atoms with E-state index in [0.717, 1.165) is 18.5 Å². The number of benzene rings is 1. The first-order chi connectivity index (χ1) is 9.18. The average Bonchev–Trinajstić information content (AvgIpc) is 2.77. The molecule has 2 rings (SSSR count). The Hall–Kier alpha value is -1.79. The van der Waals surface area contributed by atoms with E-state index in [-0.39, 0.29) is 18.3 Å². The Bertz CT molecular complexity index is 517. The highest BCUT2D eigenvalue weighted by molar-refractivity contribution is 5.85. The minimum atomic E-state index is 0. The van der Waals surface area contributed by atoms with Crippen molar-refractivity contribution in [3.63, 3.8) is 0 Å². The van der Waals surface area contributed by atoms with E-state index >= 15 is 0 Å². The van der Waals surface area contributed by atoms with E-state index in [2.05, 4.69) is 14.7 Å². The maximum atomic E-state index is 11.6. The Morgan fingerprint density at radius 1 is 1.30 bits per heavy atom. The molecule has 1 aromatic carbocycles. The van der Waals surface area contributed by atoms with Gasteiger partial charge in [-0.2, -0.15) is 0 Å². The average molecular weight is 300 g/mol. The normalized spacial score (nSPS) is 10.3. The first-order valence-corrected chi connectivity index (χ1v) is 6.11. The van der Waals surface area contributed by atoms with Crippen LogP contribution >= 0.6 is 12.4 Å². The van der Waals surface area contributed by atoms with E-state index in [1.54, 1.807) is 0 Å². The van der Waals surface area contributed by atoms with Crippen molar-refractivity contribution in [2.24, 2.45) is 0 Å². The predicted molar refractivity (Wildman–Crippen MR) is 76.8 cm³/mol. The molecule has 0 spiro atoms. The second kappa shape index (κ2) is 7.72. The number of halogens is 1. The molecule has 0 atom stereocenters. The molecule has 6 nitrogen and oxygen atoms in total. The van der Waals surface area contributed by atoms with Crippen LogP contribution in [-0.2, 0) is 0 Å². The highest BCUT2D eigenvalue weighted by Crippen LogP contribution is 2.24. The van der Waals surface area contributed by atoms with Crippen LogP contribution < -0.4 is 9.64 Å². The molecule has 0 radical (unpaired) electrons. The van der Waals surface area contributed by atoms with Crippen molar-refractivity contribution in [3.05, 3.63) is 35.5 Å². The van der Waals surface area contributed by atoms with Gasteiger partial charge in [0, 0.05) is 12.1 Å². The van der Waals surface area contributed by atoms with Gasteiger partial charge in [-0.1, -0.05) is 30.3 Å². The topological polar surface area (TPSA) is 65.4 Å². The molecule has 0 bridgehead atoms. The van der Waals surface area contributed by atoms with Crippen molar-refractivity contribution >= 4 is 12.4 Å². The van der Waals surface area contributed by atoms with Crippen LogP contribution in [0.15, 0.2) is 35.0 Å². The second-order valence-corrected chi connectivity index (χ2v) is 4.46. The maximum Gasteiger partial charge on any atom is 0.402 e. The lowest BCUT2D eigenvalue weighted by Gasteiger charge is -2.08. The largest absolute Gasteiger partial charge is 0.455 e. The number of ether oxygens (including phenoxy) is 1. The standard InChI is InChI=1S/C13H17N3O3.ClH/c1-15(2)9-6-10-18-13-12(16(17)19-14-13)11-7-4-3-5-8-11;/h3-5,7-8H,6,9-10H2,1-2H3;1H. The molecule has 0 fully saturated rings. The number of hydrogen-bond acceptors (Lipinski definition) is 5. The lowest BCUT2D eigenvalue weighted by atomic mass is 10.2. The Labute approximate surface area is 123 Å². The third kappa shape index (κ3) is 4.11. The zero-order valence-electron chi connectivity index (χ0n) is 11.5. The number of aromatic nitrogens is 2. The van der Waals surface area contributed by atoms with Crippen LogP contribution in [0.3, 0.4) is 0 Å². The minimum absolute atomic E-state index is 0. The lowest BCUT2D eigenvalue weighted by Crippen LogP contribution is -2.25. The van der Waals surface area contributed by atoms with Gasteiger partial charge in [-0.3, -0.25) is 4.63 Å². The SMILES string of the molecule is CN(C)CCCOc1no[n+]([O-])c1-c1ccccc1.Cl. The molecular weight excluding hydrogens is 282 g/mol. The fraction of sp³-hybridized carbons (Fsp3) is 0.385. The van der Waals surface area contributed by atoms with E-state index in [0.29, 0.717) is 17.2 Å². The molecular formula is C13H18ClN3O3. The molecule has 0 aliphatic carbocycles. The fourth-order valence-corrected chi connectivity index (χ4v) is 1.71. The zero-order chi connectivity index (χ0) is 13.7. The molecule has 2 aromatic rings. The molecule has 1 aromatic heterocycles. The molecule has 0 saturated carbocycles. The highest BCUT2D eigenvalue weighted by atomic mass is 35.5. The number of nitrogens with zero attached hydrogens (tertiary/aromatic N) is 3. The summed E-state index contributed by atoms with van der Waals surface area (Å²) < 4.78 is 10.1. The summed E-state index contributed by atoms with van der Waals surface area (Å²) in [4.78, 5) is 2.44. The molecule has 0 N–H and O–H groups in total. The molecule has 0 amide bonds. The van der Waals surface area contributed by atoms with Crippen LogP contribution in [0.1, 0.15) is 6.42 Å². The van der Waals surface area contributed by atoms with Crippen LogP contribution in [0.4, 0.5) is 0 Å². The van der Waals surface area contributed by atoms with Crippen LogP contribution in [0, 0.1) is 5.21 Å². The summed E-state index contributed by atoms with van der Waals surface area (Å²) in [5, 5.41) is 15.2. The van der Waals surface area contributed by atoms with Gasteiger partial charge < -0.3 is 14.8 Å². The molecule has 0 aliphatic rings. The van der Waals surface area contributed by atoms with E-state index in [1.165, 1.54) is 0 Å². The molecule has 0 unspecified atom stereocenters. The van der Waals surface area contributed by atoms with E-state index in [9.17, 15) is 5.21 Å². The van der Waals surface area contributed by atoms with Crippen LogP contribution in [0.2, 0.25) is 0 Å². The van der Waals surface area contributed by atoms with E-state index in [1.807, 2.05) is 44.4 Å². The van der Waals surface area contributed by atoms with Gasteiger partial charge in [0.25, 0.3) is 5.69 Å². The Balaban J connectivity index is 0.00000200. The predicted octanol–water partition coefficient (Wildman–Crippen LogP) is 1.73. The Kier molecular flexibility index (Phi) is 6.27. The van der Waals surface area contributed by atoms with Gasteiger partial charge in [0.15, 0.2) is 0 Å². The monoisotopic (exact) mass is 299 g/mol. The fourth-order valence-electron chi connectivity index (χ4n) is 1.71. The molecule has 1 heterocycles. The highest BCUT2D eigenvalue weighted by Gasteiger charge is 2.22. The summed E-state index contributed by atoms with van der Waals surface area (Å²) in [7, 11) is 3.99. The third-order valence-electron chi connectivity index (χ3n) is 2.62. The Morgan fingerprint density at radius 2 is 2.00 bits per heavy atom. The summed E-state index contributed by atoms with van der Waals surface area (Å²) in [5.41, 5.74) is 1.03. The molecule has 20 heavy (non-hydrogen) atoms. The van der Waals surface area contributed by atoms with Crippen molar-refractivity contribution in [1.29, 1.82) is 0 Å². The number of hydrogen-bond donors (Lipinski definition) is 0. The smallest absolute Gasteiger partial charge is 0.402 e. The van der Waals surface area contributed by atoms with Crippen molar-refractivity contribution in [3.8, 4) is 17.1 Å². The summed E-state index contributed by atoms with van der Waals surface area (Å²) >= 11 is 0. The molecule has 0 aliphatic heterocycles. The first kappa shape index (κ1) is 16.3. The van der Waals surface area contributed by atoms with Crippen LogP contribution in [0.5, 0.6) is 5.88 Å². The summed E-state index contributed by atoms with van der Waals surface area (Å²) in [6.45, 7) is 1.40. The van der Waals surface area contributed by atoms with Gasteiger partial charge in [-0.25, -0.2) is 0 Å². The zero-order valence-corrected chi connectivity index (χ0v) is 12.3. The van der Waals surface area contributed by atoms with Gasteiger partial charge >= 0.3 is 5.88 Å². The van der Waals surface area contributed by atoms with Crippen LogP contribution in [0.25, 0.3) is 11.3 Å².